The Morgan fingerprint density at radius 2 is 2.06 bits per heavy atom. The fourth-order valence-corrected chi connectivity index (χ4v) is 2.99. The van der Waals surface area contributed by atoms with Gasteiger partial charge in [-0.05, 0) is 45.6 Å². The van der Waals surface area contributed by atoms with Crippen LogP contribution >= 0.6 is 0 Å². The lowest BCUT2D eigenvalue weighted by Crippen LogP contribution is -2.50. The average Bonchev–Trinajstić information content (AvgIpc) is 2.29. The van der Waals surface area contributed by atoms with Crippen molar-refractivity contribution in [1.82, 2.24) is 9.80 Å². The van der Waals surface area contributed by atoms with E-state index in [-0.39, 0.29) is 6.04 Å². The molecule has 0 aliphatic carbocycles. The minimum atomic E-state index is 0.260. The van der Waals surface area contributed by atoms with Crippen LogP contribution in [-0.2, 0) is 4.79 Å². The first-order valence-electron chi connectivity index (χ1n) is 6.94. The molecule has 2 rings (SSSR count). The van der Waals surface area contributed by atoms with Crippen molar-refractivity contribution in [1.29, 1.82) is 0 Å². The summed E-state index contributed by atoms with van der Waals surface area (Å²) in [6.45, 7) is 5.59. The molecule has 0 aromatic carbocycles. The second-order valence-electron chi connectivity index (χ2n) is 5.57. The van der Waals surface area contributed by atoms with E-state index in [0.29, 0.717) is 18.5 Å². The number of carbonyl (C=O) groups excluding carboxylic acids is 1. The van der Waals surface area contributed by atoms with Gasteiger partial charge in [-0.25, -0.2) is 0 Å². The van der Waals surface area contributed by atoms with Gasteiger partial charge in [0.15, 0.2) is 0 Å². The Morgan fingerprint density at radius 3 is 2.76 bits per heavy atom. The highest BCUT2D eigenvalue weighted by atomic mass is 16.2. The number of rotatable bonds is 2. The van der Waals surface area contributed by atoms with Crippen molar-refractivity contribution in [3.05, 3.63) is 0 Å². The smallest absolute Gasteiger partial charge is 0.236 e. The lowest BCUT2D eigenvalue weighted by Gasteiger charge is -2.36. The van der Waals surface area contributed by atoms with Gasteiger partial charge in [0.1, 0.15) is 0 Å². The van der Waals surface area contributed by atoms with Crippen LogP contribution in [0.3, 0.4) is 0 Å². The molecular formula is C13H25N3O. The zero-order chi connectivity index (χ0) is 12.3. The lowest BCUT2D eigenvalue weighted by molar-refractivity contribution is -0.135. The van der Waals surface area contributed by atoms with Crippen molar-refractivity contribution in [3.8, 4) is 0 Å². The molecule has 0 aromatic rings. The molecular weight excluding hydrogens is 214 g/mol. The van der Waals surface area contributed by atoms with E-state index in [1.807, 2.05) is 0 Å². The molecule has 2 N–H and O–H groups in total. The van der Waals surface area contributed by atoms with Gasteiger partial charge in [-0.1, -0.05) is 0 Å². The van der Waals surface area contributed by atoms with Crippen LogP contribution in [0.2, 0.25) is 0 Å². The van der Waals surface area contributed by atoms with Gasteiger partial charge in [0.2, 0.25) is 5.91 Å². The molecule has 2 saturated heterocycles. The van der Waals surface area contributed by atoms with E-state index < -0.39 is 0 Å². The highest BCUT2D eigenvalue weighted by molar-refractivity contribution is 5.78. The van der Waals surface area contributed by atoms with Crippen LogP contribution in [0.1, 0.15) is 39.0 Å². The van der Waals surface area contributed by atoms with Crippen molar-refractivity contribution in [2.75, 3.05) is 26.2 Å². The lowest BCUT2D eigenvalue weighted by atomic mass is 10.0. The molecule has 0 saturated carbocycles. The Morgan fingerprint density at radius 1 is 1.24 bits per heavy atom. The highest BCUT2D eigenvalue weighted by Crippen LogP contribution is 2.17. The Kier molecular flexibility index (Phi) is 4.40. The second-order valence-corrected chi connectivity index (χ2v) is 5.57. The van der Waals surface area contributed by atoms with Gasteiger partial charge in [0.05, 0.1) is 6.54 Å². The van der Waals surface area contributed by atoms with Crippen LogP contribution in [0.4, 0.5) is 0 Å². The first-order chi connectivity index (χ1) is 8.16. The molecule has 4 heteroatoms. The van der Waals surface area contributed by atoms with Crippen LogP contribution in [0.5, 0.6) is 0 Å². The molecule has 4 nitrogen and oxygen atoms in total. The van der Waals surface area contributed by atoms with Gasteiger partial charge in [-0.2, -0.15) is 0 Å². The molecule has 2 aliphatic rings. The molecule has 2 aliphatic heterocycles. The van der Waals surface area contributed by atoms with E-state index >= 15 is 0 Å². The molecule has 17 heavy (non-hydrogen) atoms. The van der Waals surface area contributed by atoms with Crippen molar-refractivity contribution >= 4 is 5.91 Å². The van der Waals surface area contributed by atoms with Gasteiger partial charge in [-0.15, -0.1) is 0 Å². The quantitative estimate of drug-likeness (QED) is 0.776. The number of nitrogens with zero attached hydrogens (tertiary/aromatic N) is 2. The van der Waals surface area contributed by atoms with Gasteiger partial charge in [0, 0.05) is 25.2 Å². The van der Waals surface area contributed by atoms with Crippen molar-refractivity contribution in [2.24, 2.45) is 5.73 Å². The summed E-state index contributed by atoms with van der Waals surface area (Å²) >= 11 is 0. The molecule has 2 fully saturated rings. The van der Waals surface area contributed by atoms with E-state index in [1.54, 1.807) is 0 Å². The molecule has 1 amide bonds. The number of carbonyl (C=O) groups is 1. The monoisotopic (exact) mass is 239 g/mol. The summed E-state index contributed by atoms with van der Waals surface area (Å²) in [5.74, 6) is 0.298. The van der Waals surface area contributed by atoms with Gasteiger partial charge in [-0.3, -0.25) is 9.69 Å². The summed E-state index contributed by atoms with van der Waals surface area (Å²) < 4.78 is 0. The Bertz CT molecular complexity index is 269. The zero-order valence-corrected chi connectivity index (χ0v) is 10.9. The standard InChI is InChI=1S/C13H25N3O/c1-11-5-2-3-8-16(11)13(17)10-15-7-4-6-12(14)9-15/h11-12H,2-10,14H2,1H3/t11-,12+/m0/s1. The summed E-state index contributed by atoms with van der Waals surface area (Å²) in [5.41, 5.74) is 5.94. The molecule has 0 unspecified atom stereocenters. The number of likely N-dealkylation sites (tertiary alicyclic amines) is 2. The summed E-state index contributed by atoms with van der Waals surface area (Å²) in [6, 6.07) is 0.685. The predicted octanol–water partition coefficient (Wildman–Crippen LogP) is 0.811. The molecule has 0 bridgehead atoms. The topological polar surface area (TPSA) is 49.6 Å². The predicted molar refractivity (Wildman–Crippen MR) is 68.7 cm³/mol. The van der Waals surface area contributed by atoms with Gasteiger partial charge >= 0.3 is 0 Å². The van der Waals surface area contributed by atoms with Gasteiger partial charge < -0.3 is 10.6 Å². The summed E-state index contributed by atoms with van der Waals surface area (Å²) in [7, 11) is 0. The Balaban J connectivity index is 1.83. The Labute approximate surface area is 104 Å². The van der Waals surface area contributed by atoms with Crippen molar-refractivity contribution in [2.45, 2.75) is 51.1 Å². The molecule has 0 aromatic heterocycles. The number of hydrogen-bond acceptors (Lipinski definition) is 3. The highest BCUT2D eigenvalue weighted by Gasteiger charge is 2.26. The van der Waals surface area contributed by atoms with Crippen molar-refractivity contribution in [3.63, 3.8) is 0 Å². The van der Waals surface area contributed by atoms with E-state index in [2.05, 4.69) is 16.7 Å². The molecule has 2 heterocycles. The minimum absolute atomic E-state index is 0.260. The first-order valence-corrected chi connectivity index (χ1v) is 6.94. The maximum atomic E-state index is 12.2. The third kappa shape index (κ3) is 3.42. The van der Waals surface area contributed by atoms with Crippen LogP contribution in [0.25, 0.3) is 0 Å². The first kappa shape index (κ1) is 12.8. The number of hydrogen-bond donors (Lipinski definition) is 1. The van der Waals surface area contributed by atoms with E-state index in [4.69, 9.17) is 5.73 Å². The normalized spacial score (nSPS) is 31.5. The molecule has 0 radical (unpaired) electrons. The minimum Gasteiger partial charge on any atom is -0.339 e. The number of nitrogens with two attached hydrogens (primary N) is 1. The number of piperidine rings is 2. The van der Waals surface area contributed by atoms with E-state index in [1.165, 1.54) is 6.42 Å². The molecule has 2 atom stereocenters. The summed E-state index contributed by atoms with van der Waals surface area (Å²) in [6.07, 6.45) is 5.81. The third-order valence-electron chi connectivity index (χ3n) is 4.02. The van der Waals surface area contributed by atoms with E-state index in [0.717, 1.165) is 45.3 Å². The summed E-state index contributed by atoms with van der Waals surface area (Å²) in [4.78, 5) is 16.5. The third-order valence-corrected chi connectivity index (χ3v) is 4.02. The maximum Gasteiger partial charge on any atom is 0.236 e. The fourth-order valence-electron chi connectivity index (χ4n) is 2.99. The Hall–Kier alpha value is -0.610. The second kappa shape index (κ2) is 5.83. The van der Waals surface area contributed by atoms with Crippen LogP contribution < -0.4 is 5.73 Å². The number of amides is 1. The molecule has 0 spiro atoms. The van der Waals surface area contributed by atoms with E-state index in [9.17, 15) is 4.79 Å². The summed E-state index contributed by atoms with van der Waals surface area (Å²) in [5, 5.41) is 0. The maximum absolute atomic E-state index is 12.2. The van der Waals surface area contributed by atoms with Crippen LogP contribution in [-0.4, -0.2) is 54.0 Å². The fraction of sp³-hybridized carbons (Fsp3) is 0.923. The van der Waals surface area contributed by atoms with Gasteiger partial charge in [0.25, 0.3) is 0 Å². The van der Waals surface area contributed by atoms with Crippen molar-refractivity contribution < 1.29 is 4.79 Å². The van der Waals surface area contributed by atoms with Crippen LogP contribution in [0, 0.1) is 0 Å². The van der Waals surface area contributed by atoms with Crippen LogP contribution in [0.15, 0.2) is 0 Å². The molecule has 98 valence electrons. The largest absolute Gasteiger partial charge is 0.339 e. The zero-order valence-electron chi connectivity index (χ0n) is 10.9. The average molecular weight is 239 g/mol. The SMILES string of the molecule is C[C@H]1CCCCN1C(=O)CN1CCC[C@@H](N)C1.